The third-order valence-corrected chi connectivity index (χ3v) is 8.42. The van der Waals surface area contributed by atoms with Crippen LogP contribution in [-0.2, 0) is 27.9 Å². The summed E-state index contributed by atoms with van der Waals surface area (Å²) in [5.74, 6) is 0.874. The maximum absolute atomic E-state index is 13.2. The Labute approximate surface area is 219 Å². The van der Waals surface area contributed by atoms with E-state index < -0.39 is 10.0 Å². The molecular weight excluding hydrogens is 514 g/mol. The number of furan rings is 1. The highest BCUT2D eigenvalue weighted by molar-refractivity contribution is 7.89. The van der Waals surface area contributed by atoms with Gasteiger partial charge < -0.3 is 19.2 Å². The average Bonchev–Trinajstić information content (AvgIpc) is 3.55. The van der Waals surface area contributed by atoms with E-state index in [2.05, 4.69) is 4.98 Å². The summed E-state index contributed by atoms with van der Waals surface area (Å²) in [6, 6.07) is 17.8. The van der Waals surface area contributed by atoms with Crippen LogP contribution in [0.5, 0.6) is 0 Å². The normalized spacial score (nSPS) is 14.9. The predicted octanol–water partition coefficient (Wildman–Crippen LogP) is 3.90. The Hall–Kier alpha value is -3.60. The zero-order chi connectivity index (χ0) is 26.2. The summed E-state index contributed by atoms with van der Waals surface area (Å²) in [5, 5.41) is 9.69. The minimum atomic E-state index is -3.86. The van der Waals surface area contributed by atoms with Crippen molar-refractivity contribution in [2.75, 3.05) is 26.7 Å². The lowest BCUT2D eigenvalue weighted by atomic mass is 10.1. The number of nitrogens with zero attached hydrogens (tertiary/aromatic N) is 3. The third kappa shape index (κ3) is 5.27. The van der Waals surface area contributed by atoms with Gasteiger partial charge in [-0.1, -0.05) is 35.9 Å². The lowest BCUT2D eigenvalue weighted by molar-refractivity contribution is -0.134. The first-order valence-corrected chi connectivity index (χ1v) is 13.5. The number of hydrogen-bond acceptors (Lipinski definition) is 5. The van der Waals surface area contributed by atoms with Gasteiger partial charge in [-0.25, -0.2) is 8.42 Å². The molecular formula is C26H26ClN5O4S. The molecule has 0 bridgehead atoms. The summed E-state index contributed by atoms with van der Waals surface area (Å²) in [6.45, 7) is 1.12. The van der Waals surface area contributed by atoms with E-state index >= 15 is 0 Å². The predicted molar refractivity (Wildman–Crippen MR) is 141 cm³/mol. The molecule has 0 atom stereocenters. The number of sulfonamides is 1. The van der Waals surface area contributed by atoms with E-state index in [0.29, 0.717) is 34.9 Å². The van der Waals surface area contributed by atoms with Crippen LogP contribution in [0.4, 0.5) is 0 Å². The Morgan fingerprint density at radius 2 is 1.92 bits per heavy atom. The number of aromatic nitrogens is 1. The second kappa shape index (κ2) is 10.0. The van der Waals surface area contributed by atoms with E-state index in [4.69, 9.17) is 21.4 Å². The lowest BCUT2D eigenvalue weighted by Gasteiger charge is -2.33. The first-order valence-electron chi connectivity index (χ1n) is 11.7. The molecule has 0 aliphatic carbocycles. The number of benzene rings is 2. The number of carbonyl (C=O) groups excluding carboxylic acids is 1. The SMILES string of the molecule is CN(Cc1ccco1)C(=N)c1ccc(CN2CCN(S(=O)(=O)c3cc4cc(Cl)ccc4[nH]3)CC2=O)cc1. The summed E-state index contributed by atoms with van der Waals surface area (Å²) in [6.07, 6.45) is 1.61. The molecule has 5 rings (SSSR count). The van der Waals surface area contributed by atoms with Crippen molar-refractivity contribution < 1.29 is 17.6 Å². The zero-order valence-corrected chi connectivity index (χ0v) is 21.7. The van der Waals surface area contributed by atoms with Gasteiger partial charge in [-0.15, -0.1) is 0 Å². The first kappa shape index (κ1) is 25.1. The van der Waals surface area contributed by atoms with E-state index in [0.717, 1.165) is 16.9 Å². The molecule has 2 aromatic heterocycles. The van der Waals surface area contributed by atoms with Crippen molar-refractivity contribution in [3.8, 4) is 0 Å². The van der Waals surface area contributed by atoms with Crippen molar-refractivity contribution >= 4 is 44.3 Å². The molecule has 0 radical (unpaired) electrons. The fourth-order valence-electron chi connectivity index (χ4n) is 4.34. The molecule has 9 nitrogen and oxygen atoms in total. The Kier molecular flexibility index (Phi) is 6.80. The monoisotopic (exact) mass is 539 g/mol. The molecule has 2 N–H and O–H groups in total. The van der Waals surface area contributed by atoms with Crippen molar-refractivity contribution in [1.29, 1.82) is 5.41 Å². The Morgan fingerprint density at radius 1 is 1.14 bits per heavy atom. The number of amides is 1. The molecule has 1 amide bonds. The van der Waals surface area contributed by atoms with Crippen LogP contribution in [0.25, 0.3) is 10.9 Å². The van der Waals surface area contributed by atoms with Crippen LogP contribution < -0.4 is 0 Å². The smallest absolute Gasteiger partial charge is 0.259 e. The van der Waals surface area contributed by atoms with Crippen LogP contribution >= 0.6 is 11.6 Å². The van der Waals surface area contributed by atoms with Gasteiger partial charge in [0.1, 0.15) is 16.6 Å². The average molecular weight is 540 g/mol. The Morgan fingerprint density at radius 3 is 2.62 bits per heavy atom. The fourth-order valence-corrected chi connectivity index (χ4v) is 5.91. The minimum Gasteiger partial charge on any atom is -0.467 e. The number of amidine groups is 1. The van der Waals surface area contributed by atoms with Gasteiger partial charge in [0.15, 0.2) is 0 Å². The number of aromatic amines is 1. The molecule has 37 heavy (non-hydrogen) atoms. The molecule has 0 saturated carbocycles. The van der Waals surface area contributed by atoms with E-state index in [1.807, 2.05) is 43.4 Å². The largest absolute Gasteiger partial charge is 0.467 e. The molecule has 11 heteroatoms. The van der Waals surface area contributed by atoms with Gasteiger partial charge in [-0.2, -0.15) is 4.31 Å². The topological polar surface area (TPSA) is 114 Å². The highest BCUT2D eigenvalue weighted by Gasteiger charge is 2.33. The molecule has 1 aliphatic heterocycles. The summed E-state index contributed by atoms with van der Waals surface area (Å²) in [4.78, 5) is 19.2. The van der Waals surface area contributed by atoms with Crippen molar-refractivity contribution in [3.05, 3.63) is 88.8 Å². The standard InChI is InChI=1S/C26H26ClN5O4S/c1-30(16-22-3-2-12-36-22)26(28)19-6-4-18(5-7-19)15-31-10-11-32(17-25(31)33)37(34,35)24-14-20-13-21(27)8-9-23(20)29-24/h2-9,12-14,28-29H,10-11,15-17H2,1H3. The van der Waals surface area contributed by atoms with Crippen LogP contribution in [0.3, 0.4) is 0 Å². The van der Waals surface area contributed by atoms with Gasteiger partial charge in [-0.05, 0) is 42.0 Å². The van der Waals surface area contributed by atoms with Crippen LogP contribution in [0, 0.1) is 5.41 Å². The van der Waals surface area contributed by atoms with Crippen molar-refractivity contribution in [1.82, 2.24) is 19.1 Å². The first-order chi connectivity index (χ1) is 17.7. The van der Waals surface area contributed by atoms with Gasteiger partial charge in [0.25, 0.3) is 10.0 Å². The maximum atomic E-state index is 13.2. The molecule has 4 aromatic rings. The molecule has 1 saturated heterocycles. The summed E-state index contributed by atoms with van der Waals surface area (Å²) >= 11 is 6.02. The van der Waals surface area contributed by atoms with Gasteiger partial charge in [0.2, 0.25) is 5.91 Å². The second-order valence-corrected chi connectivity index (χ2v) is 11.3. The van der Waals surface area contributed by atoms with Crippen LogP contribution in [0.2, 0.25) is 5.02 Å². The number of fused-ring (bicyclic) bond motifs is 1. The van der Waals surface area contributed by atoms with Crippen molar-refractivity contribution in [2.45, 2.75) is 18.1 Å². The molecule has 3 heterocycles. The van der Waals surface area contributed by atoms with E-state index in [1.165, 1.54) is 4.31 Å². The van der Waals surface area contributed by atoms with Crippen molar-refractivity contribution in [2.24, 2.45) is 0 Å². The molecule has 2 aromatic carbocycles. The Bertz CT molecular complexity index is 1550. The minimum absolute atomic E-state index is 0.0427. The van der Waals surface area contributed by atoms with E-state index in [9.17, 15) is 13.2 Å². The molecule has 0 unspecified atom stereocenters. The van der Waals surface area contributed by atoms with E-state index in [1.54, 1.807) is 40.3 Å². The Balaban J connectivity index is 1.20. The number of carbonyl (C=O) groups is 1. The van der Waals surface area contributed by atoms with Gasteiger partial charge in [0, 0.05) is 48.2 Å². The number of rotatable bonds is 7. The quantitative estimate of drug-likeness (QED) is 0.273. The highest BCUT2D eigenvalue weighted by Crippen LogP contribution is 2.25. The van der Waals surface area contributed by atoms with Gasteiger partial charge >= 0.3 is 0 Å². The molecule has 1 fully saturated rings. The van der Waals surface area contributed by atoms with Crippen LogP contribution in [0.1, 0.15) is 16.9 Å². The van der Waals surface area contributed by atoms with Crippen molar-refractivity contribution in [3.63, 3.8) is 0 Å². The van der Waals surface area contributed by atoms with Gasteiger partial charge in [0.05, 0.1) is 19.4 Å². The summed E-state index contributed by atoms with van der Waals surface area (Å²) < 4.78 is 32.9. The number of hydrogen-bond donors (Lipinski definition) is 2. The van der Waals surface area contributed by atoms with E-state index in [-0.39, 0.29) is 30.6 Å². The summed E-state index contributed by atoms with van der Waals surface area (Å²) in [5.41, 5.74) is 2.32. The maximum Gasteiger partial charge on any atom is 0.259 e. The number of H-pyrrole nitrogens is 1. The van der Waals surface area contributed by atoms with Crippen LogP contribution in [0.15, 0.2) is 76.4 Å². The number of halogens is 1. The number of nitrogens with one attached hydrogen (secondary N) is 2. The molecule has 0 spiro atoms. The second-order valence-electron chi connectivity index (χ2n) is 9.00. The number of piperazine rings is 1. The zero-order valence-electron chi connectivity index (χ0n) is 20.1. The molecule has 192 valence electrons. The lowest BCUT2D eigenvalue weighted by Crippen LogP contribution is -2.51. The summed E-state index contributed by atoms with van der Waals surface area (Å²) in [7, 11) is -2.03. The van der Waals surface area contributed by atoms with Gasteiger partial charge in [-0.3, -0.25) is 10.2 Å². The highest BCUT2D eigenvalue weighted by atomic mass is 35.5. The fraction of sp³-hybridized carbons (Fsp3) is 0.231. The molecule has 1 aliphatic rings. The van der Waals surface area contributed by atoms with Crippen LogP contribution in [-0.4, -0.2) is 65.9 Å². The third-order valence-electron chi connectivity index (χ3n) is 6.42.